The maximum atomic E-state index is 12.0. The molecule has 1 nitrogen and oxygen atoms in total. The molecular formula is C7H11F3O. The van der Waals surface area contributed by atoms with E-state index in [4.69, 9.17) is 0 Å². The van der Waals surface area contributed by atoms with Crippen LogP contribution in [0.1, 0.15) is 20.8 Å². The van der Waals surface area contributed by atoms with Crippen LogP contribution in [0, 0.1) is 0 Å². The van der Waals surface area contributed by atoms with Gasteiger partial charge in [0.05, 0.1) is 5.76 Å². The van der Waals surface area contributed by atoms with Crippen molar-refractivity contribution in [3.05, 3.63) is 12.3 Å². The van der Waals surface area contributed by atoms with Crippen LogP contribution in [0.5, 0.6) is 0 Å². The van der Waals surface area contributed by atoms with E-state index in [9.17, 15) is 13.2 Å². The highest BCUT2D eigenvalue weighted by Crippen LogP contribution is 2.33. The van der Waals surface area contributed by atoms with Gasteiger partial charge in [-0.2, -0.15) is 13.2 Å². The first-order valence-corrected chi connectivity index (χ1v) is 3.08. The third-order valence-electron chi connectivity index (χ3n) is 1.11. The average Bonchev–Trinajstić information content (AvgIpc) is 1.56. The van der Waals surface area contributed by atoms with Crippen molar-refractivity contribution in [3.63, 3.8) is 0 Å². The molecular weight excluding hydrogens is 157 g/mol. The lowest BCUT2D eigenvalue weighted by Crippen LogP contribution is -2.41. The Morgan fingerprint density at radius 3 is 1.73 bits per heavy atom. The average molecular weight is 168 g/mol. The molecule has 0 bridgehead atoms. The molecule has 0 aromatic rings. The molecule has 11 heavy (non-hydrogen) atoms. The zero-order valence-electron chi connectivity index (χ0n) is 6.75. The standard InChI is InChI=1S/C7H11F3O/c1-5(2)11-6(3,4)7(8,9)10/h1H2,2-4H3. The third kappa shape index (κ3) is 2.82. The van der Waals surface area contributed by atoms with Crippen molar-refractivity contribution in [2.45, 2.75) is 32.5 Å². The van der Waals surface area contributed by atoms with E-state index < -0.39 is 11.8 Å². The normalized spacial score (nSPS) is 12.9. The van der Waals surface area contributed by atoms with Crippen molar-refractivity contribution in [1.82, 2.24) is 0 Å². The molecule has 0 radical (unpaired) electrons. The second-order valence-electron chi connectivity index (χ2n) is 2.81. The Morgan fingerprint density at radius 1 is 1.27 bits per heavy atom. The predicted molar refractivity (Wildman–Crippen MR) is 36.0 cm³/mol. The summed E-state index contributed by atoms with van der Waals surface area (Å²) in [5, 5.41) is 0. The van der Waals surface area contributed by atoms with E-state index in [0.29, 0.717) is 0 Å². The molecule has 66 valence electrons. The number of alkyl halides is 3. The molecule has 0 aliphatic carbocycles. The van der Waals surface area contributed by atoms with Crippen molar-refractivity contribution in [1.29, 1.82) is 0 Å². The summed E-state index contributed by atoms with van der Waals surface area (Å²) in [5.41, 5.74) is -2.14. The lowest BCUT2D eigenvalue weighted by molar-refractivity contribution is -0.251. The summed E-state index contributed by atoms with van der Waals surface area (Å²) in [6.07, 6.45) is -4.36. The summed E-state index contributed by atoms with van der Waals surface area (Å²) in [6.45, 7) is 6.53. The summed E-state index contributed by atoms with van der Waals surface area (Å²) in [6, 6.07) is 0. The lowest BCUT2D eigenvalue weighted by Gasteiger charge is -2.28. The van der Waals surface area contributed by atoms with E-state index in [1.807, 2.05) is 0 Å². The first-order chi connectivity index (χ1) is 4.67. The van der Waals surface area contributed by atoms with Crippen LogP contribution in [0.3, 0.4) is 0 Å². The first kappa shape index (κ1) is 10.3. The molecule has 0 unspecified atom stereocenters. The van der Waals surface area contributed by atoms with Crippen LogP contribution < -0.4 is 0 Å². The third-order valence-corrected chi connectivity index (χ3v) is 1.11. The van der Waals surface area contributed by atoms with Crippen molar-refractivity contribution in [2.24, 2.45) is 0 Å². The van der Waals surface area contributed by atoms with E-state index in [2.05, 4.69) is 11.3 Å². The molecule has 0 saturated heterocycles. The van der Waals surface area contributed by atoms with E-state index in [0.717, 1.165) is 13.8 Å². The summed E-state index contributed by atoms with van der Waals surface area (Å²) in [4.78, 5) is 0. The zero-order chi connectivity index (χ0) is 9.28. The van der Waals surface area contributed by atoms with Gasteiger partial charge in [0, 0.05) is 0 Å². The summed E-state index contributed by atoms with van der Waals surface area (Å²) in [7, 11) is 0. The SMILES string of the molecule is C=C(C)OC(C)(C)C(F)(F)F. The summed E-state index contributed by atoms with van der Waals surface area (Å²) >= 11 is 0. The Bertz CT molecular complexity index is 158. The van der Waals surface area contributed by atoms with Crippen molar-refractivity contribution in [2.75, 3.05) is 0 Å². The highest BCUT2D eigenvalue weighted by molar-refractivity contribution is 4.86. The Morgan fingerprint density at radius 2 is 1.64 bits per heavy atom. The topological polar surface area (TPSA) is 9.23 Å². The highest BCUT2D eigenvalue weighted by Gasteiger charge is 2.49. The maximum absolute atomic E-state index is 12.0. The molecule has 0 N–H and O–H groups in total. The fourth-order valence-corrected chi connectivity index (χ4v) is 0.493. The Balaban J connectivity index is 4.34. The number of hydrogen-bond acceptors (Lipinski definition) is 1. The molecule has 0 aromatic carbocycles. The Labute approximate surface area is 63.8 Å². The van der Waals surface area contributed by atoms with Gasteiger partial charge < -0.3 is 4.74 Å². The van der Waals surface area contributed by atoms with Crippen LogP contribution in [0.2, 0.25) is 0 Å². The van der Waals surface area contributed by atoms with Crippen LogP contribution in [-0.4, -0.2) is 11.8 Å². The van der Waals surface area contributed by atoms with Gasteiger partial charge in [0.25, 0.3) is 0 Å². The second kappa shape index (κ2) is 2.75. The van der Waals surface area contributed by atoms with Crippen molar-refractivity contribution >= 4 is 0 Å². The Hall–Kier alpha value is -0.670. The largest absolute Gasteiger partial charge is 0.484 e. The minimum atomic E-state index is -4.36. The molecule has 0 amide bonds. The van der Waals surface area contributed by atoms with Gasteiger partial charge in [-0.15, -0.1) is 0 Å². The second-order valence-corrected chi connectivity index (χ2v) is 2.81. The van der Waals surface area contributed by atoms with Crippen LogP contribution in [0.4, 0.5) is 13.2 Å². The monoisotopic (exact) mass is 168 g/mol. The Kier molecular flexibility index (Phi) is 2.59. The van der Waals surface area contributed by atoms with Crippen LogP contribution in [0.15, 0.2) is 12.3 Å². The maximum Gasteiger partial charge on any atom is 0.427 e. The van der Waals surface area contributed by atoms with Gasteiger partial charge in [0.1, 0.15) is 0 Å². The first-order valence-electron chi connectivity index (χ1n) is 3.08. The molecule has 0 aliphatic heterocycles. The van der Waals surface area contributed by atoms with Gasteiger partial charge in [0.2, 0.25) is 0 Å². The molecule has 0 rings (SSSR count). The zero-order valence-corrected chi connectivity index (χ0v) is 6.75. The number of halogens is 3. The van der Waals surface area contributed by atoms with Gasteiger partial charge >= 0.3 is 6.18 Å². The molecule has 0 heterocycles. The van der Waals surface area contributed by atoms with Crippen LogP contribution in [0.25, 0.3) is 0 Å². The van der Waals surface area contributed by atoms with E-state index in [1.54, 1.807) is 0 Å². The summed E-state index contributed by atoms with van der Waals surface area (Å²) in [5.74, 6) is 0.0623. The lowest BCUT2D eigenvalue weighted by atomic mass is 10.1. The van der Waals surface area contributed by atoms with Crippen molar-refractivity contribution < 1.29 is 17.9 Å². The van der Waals surface area contributed by atoms with Gasteiger partial charge in [-0.05, 0) is 20.8 Å². The highest BCUT2D eigenvalue weighted by atomic mass is 19.4. The minimum absolute atomic E-state index is 0.0623. The predicted octanol–water partition coefficient (Wildman–Crippen LogP) is 2.88. The quantitative estimate of drug-likeness (QED) is 0.576. The van der Waals surface area contributed by atoms with E-state index in [1.165, 1.54) is 6.92 Å². The smallest absolute Gasteiger partial charge is 0.427 e. The fraction of sp³-hybridized carbons (Fsp3) is 0.714. The number of hydrogen-bond donors (Lipinski definition) is 0. The summed E-state index contributed by atoms with van der Waals surface area (Å²) < 4.78 is 40.6. The molecule has 0 aromatic heterocycles. The number of rotatable bonds is 2. The van der Waals surface area contributed by atoms with Crippen LogP contribution in [-0.2, 0) is 4.74 Å². The van der Waals surface area contributed by atoms with Crippen LogP contribution >= 0.6 is 0 Å². The van der Waals surface area contributed by atoms with Gasteiger partial charge in [-0.3, -0.25) is 0 Å². The number of allylic oxidation sites excluding steroid dienone is 1. The number of ether oxygens (including phenoxy) is 1. The van der Waals surface area contributed by atoms with Crippen molar-refractivity contribution in [3.8, 4) is 0 Å². The molecule has 0 saturated carbocycles. The van der Waals surface area contributed by atoms with Gasteiger partial charge in [0.15, 0.2) is 5.60 Å². The molecule has 0 spiro atoms. The van der Waals surface area contributed by atoms with Gasteiger partial charge in [-0.1, -0.05) is 6.58 Å². The molecule has 0 aliphatic rings. The minimum Gasteiger partial charge on any atom is -0.484 e. The van der Waals surface area contributed by atoms with Gasteiger partial charge in [-0.25, -0.2) is 0 Å². The fourth-order valence-electron chi connectivity index (χ4n) is 0.493. The van der Waals surface area contributed by atoms with E-state index in [-0.39, 0.29) is 5.76 Å². The molecule has 0 atom stereocenters. The van der Waals surface area contributed by atoms with E-state index >= 15 is 0 Å². The molecule has 4 heteroatoms. The molecule has 0 fully saturated rings.